The molecule has 0 saturated heterocycles. The highest BCUT2D eigenvalue weighted by atomic mass is 16.6. The van der Waals surface area contributed by atoms with E-state index in [2.05, 4.69) is 31.0 Å². The van der Waals surface area contributed by atoms with E-state index in [-0.39, 0.29) is 17.3 Å². The van der Waals surface area contributed by atoms with Crippen LogP contribution in [-0.2, 0) is 0 Å². The van der Waals surface area contributed by atoms with Gasteiger partial charge in [-0.25, -0.2) is 5.10 Å². The predicted octanol–water partition coefficient (Wildman–Crippen LogP) is 2.53. The molecular formula is C20H14N8O3. The number of hydrogen-bond acceptors (Lipinski definition) is 8. The summed E-state index contributed by atoms with van der Waals surface area (Å²) in [6.45, 7) is 0. The highest BCUT2D eigenvalue weighted by Crippen LogP contribution is 2.38. The molecule has 1 aliphatic rings. The number of rotatable bonds is 4. The van der Waals surface area contributed by atoms with E-state index in [4.69, 9.17) is 0 Å². The largest absolute Gasteiger partial charge is 0.318 e. The van der Waals surface area contributed by atoms with Gasteiger partial charge in [0, 0.05) is 17.7 Å². The Balaban J connectivity index is 1.69. The Labute approximate surface area is 174 Å². The minimum atomic E-state index is -0.604. The van der Waals surface area contributed by atoms with Crippen molar-refractivity contribution < 1.29 is 4.92 Å². The third kappa shape index (κ3) is 3.23. The number of H-pyrrole nitrogens is 1. The van der Waals surface area contributed by atoms with Gasteiger partial charge >= 0.3 is 0 Å². The summed E-state index contributed by atoms with van der Waals surface area (Å²) in [5.41, 5.74) is 2.51. The predicted molar refractivity (Wildman–Crippen MR) is 112 cm³/mol. The van der Waals surface area contributed by atoms with Gasteiger partial charge in [-0.2, -0.15) is 9.78 Å². The molecule has 0 amide bonds. The van der Waals surface area contributed by atoms with E-state index >= 15 is 0 Å². The van der Waals surface area contributed by atoms with E-state index in [9.17, 15) is 14.9 Å². The molecule has 1 atom stereocenters. The van der Waals surface area contributed by atoms with Crippen molar-refractivity contribution >= 4 is 29.5 Å². The summed E-state index contributed by atoms with van der Waals surface area (Å²) in [6.07, 6.45) is 3.67. The Kier molecular flexibility index (Phi) is 4.32. The number of anilines is 2. The fourth-order valence-electron chi connectivity index (χ4n) is 3.51. The van der Waals surface area contributed by atoms with Crippen molar-refractivity contribution in [1.29, 1.82) is 0 Å². The van der Waals surface area contributed by atoms with Crippen molar-refractivity contribution in [2.24, 2.45) is 0 Å². The van der Waals surface area contributed by atoms with Crippen molar-refractivity contribution in [3.63, 3.8) is 0 Å². The number of hydrogen-bond donors (Lipinski definition) is 2. The molecule has 5 rings (SSSR count). The molecule has 3 heterocycles. The Bertz CT molecular complexity index is 1360. The smallest absolute Gasteiger partial charge is 0.288 e. The summed E-state index contributed by atoms with van der Waals surface area (Å²) < 4.78 is 1.52. The lowest BCUT2D eigenvalue weighted by Gasteiger charge is -2.27. The molecule has 0 radical (unpaired) electrons. The first-order valence-electron chi connectivity index (χ1n) is 9.27. The van der Waals surface area contributed by atoms with Crippen molar-refractivity contribution in [3.8, 4) is 0 Å². The average Bonchev–Trinajstić information content (AvgIpc) is 3.27. The lowest BCUT2D eigenvalue weighted by Crippen LogP contribution is -2.29. The number of aromatic nitrogens is 6. The molecular weight excluding hydrogens is 400 g/mol. The second kappa shape index (κ2) is 7.30. The fourth-order valence-corrected chi connectivity index (χ4v) is 3.51. The minimum Gasteiger partial charge on any atom is -0.318 e. The molecule has 0 unspecified atom stereocenters. The summed E-state index contributed by atoms with van der Waals surface area (Å²) in [7, 11) is 0. The van der Waals surface area contributed by atoms with Crippen LogP contribution in [0.5, 0.6) is 0 Å². The first-order valence-corrected chi connectivity index (χ1v) is 9.27. The number of non-ortho nitro benzene ring substituents is 1. The van der Waals surface area contributed by atoms with Crippen molar-refractivity contribution in [3.05, 3.63) is 97.4 Å². The standard InChI is InChI=1S/C20H14N8O3/c29-19-17-16(15(22-23-19)11-6-12-4-2-1-3-5-12)18(27-20(21-17)24-25-26-27)13-7-9-14(10-8-13)28(30)31/h1-11,18H,(H,23,29)(H,21,24,26)/b11-6+/t18-/m1/s1. The third-order valence-electron chi connectivity index (χ3n) is 4.95. The van der Waals surface area contributed by atoms with Crippen molar-refractivity contribution in [1.82, 2.24) is 30.4 Å². The summed E-state index contributed by atoms with van der Waals surface area (Å²) in [5.74, 6) is 0.283. The number of nitro benzene ring substituents is 1. The van der Waals surface area contributed by atoms with Gasteiger partial charge < -0.3 is 5.32 Å². The van der Waals surface area contributed by atoms with Gasteiger partial charge in [-0.15, -0.1) is 0 Å². The summed E-state index contributed by atoms with van der Waals surface area (Å²) in [4.78, 5) is 23.2. The Morgan fingerprint density at radius 3 is 2.58 bits per heavy atom. The van der Waals surface area contributed by atoms with Gasteiger partial charge in [0.25, 0.3) is 11.2 Å². The molecule has 31 heavy (non-hydrogen) atoms. The second-order valence-electron chi connectivity index (χ2n) is 6.79. The van der Waals surface area contributed by atoms with E-state index < -0.39 is 16.5 Å². The van der Waals surface area contributed by atoms with Crippen LogP contribution in [0, 0.1) is 10.1 Å². The van der Waals surface area contributed by atoms with Crippen LogP contribution in [0.1, 0.15) is 28.4 Å². The molecule has 0 fully saturated rings. The van der Waals surface area contributed by atoms with Crippen LogP contribution in [0.15, 0.2) is 59.4 Å². The molecule has 11 heteroatoms. The van der Waals surface area contributed by atoms with Crippen LogP contribution in [0.25, 0.3) is 12.2 Å². The zero-order chi connectivity index (χ0) is 21.4. The topological polar surface area (TPSA) is 145 Å². The van der Waals surface area contributed by atoms with Gasteiger partial charge in [0.1, 0.15) is 11.7 Å². The van der Waals surface area contributed by atoms with Crippen LogP contribution in [0.3, 0.4) is 0 Å². The fraction of sp³-hybridized carbons (Fsp3) is 0.0500. The first kappa shape index (κ1) is 18.4. The number of nitrogens with one attached hydrogen (secondary N) is 2. The third-order valence-corrected chi connectivity index (χ3v) is 4.95. The molecule has 11 nitrogen and oxygen atoms in total. The van der Waals surface area contributed by atoms with E-state index in [0.717, 1.165) is 5.56 Å². The van der Waals surface area contributed by atoms with Crippen LogP contribution in [0.4, 0.5) is 17.3 Å². The molecule has 2 aromatic carbocycles. The average molecular weight is 414 g/mol. The number of nitrogens with zero attached hydrogens (tertiary/aromatic N) is 6. The van der Waals surface area contributed by atoms with Crippen LogP contribution < -0.4 is 10.9 Å². The molecule has 2 N–H and O–H groups in total. The zero-order valence-electron chi connectivity index (χ0n) is 15.8. The number of tetrazole rings is 1. The van der Waals surface area contributed by atoms with Gasteiger partial charge in [-0.05, 0) is 39.8 Å². The zero-order valence-corrected chi connectivity index (χ0v) is 15.8. The van der Waals surface area contributed by atoms with Gasteiger partial charge in [-0.3, -0.25) is 14.9 Å². The van der Waals surface area contributed by atoms with Gasteiger partial charge in [0.2, 0.25) is 5.95 Å². The summed E-state index contributed by atoms with van der Waals surface area (Å²) >= 11 is 0. The number of aromatic amines is 1. The normalized spacial score (nSPS) is 14.6. The van der Waals surface area contributed by atoms with Gasteiger partial charge in [-0.1, -0.05) is 41.5 Å². The lowest BCUT2D eigenvalue weighted by molar-refractivity contribution is -0.384. The van der Waals surface area contributed by atoms with Crippen LogP contribution in [0.2, 0.25) is 0 Å². The second-order valence-corrected chi connectivity index (χ2v) is 6.79. The summed E-state index contributed by atoms with van der Waals surface area (Å²) in [6, 6.07) is 15.1. The maximum absolute atomic E-state index is 12.6. The van der Waals surface area contributed by atoms with E-state index in [1.165, 1.54) is 16.8 Å². The Morgan fingerprint density at radius 2 is 1.84 bits per heavy atom. The minimum absolute atomic E-state index is 0.0388. The van der Waals surface area contributed by atoms with Gasteiger partial charge in [0.05, 0.1) is 10.6 Å². The maximum atomic E-state index is 12.6. The number of nitro groups is 1. The van der Waals surface area contributed by atoms with E-state index in [1.807, 2.05) is 36.4 Å². The quantitative estimate of drug-likeness (QED) is 0.337. The van der Waals surface area contributed by atoms with E-state index in [0.29, 0.717) is 16.8 Å². The molecule has 4 aromatic rings. The van der Waals surface area contributed by atoms with Crippen LogP contribution in [-0.4, -0.2) is 35.3 Å². The molecule has 152 valence electrons. The number of fused-ring (bicyclic) bond motifs is 2. The first-order chi connectivity index (χ1) is 15.1. The maximum Gasteiger partial charge on any atom is 0.288 e. The molecule has 0 spiro atoms. The van der Waals surface area contributed by atoms with Crippen LogP contribution >= 0.6 is 0 Å². The monoisotopic (exact) mass is 414 g/mol. The molecule has 1 aliphatic heterocycles. The molecule has 2 aromatic heterocycles. The van der Waals surface area contributed by atoms with Crippen molar-refractivity contribution in [2.75, 3.05) is 5.32 Å². The molecule has 0 bridgehead atoms. The van der Waals surface area contributed by atoms with E-state index in [1.54, 1.807) is 18.2 Å². The lowest BCUT2D eigenvalue weighted by atomic mass is 9.94. The SMILES string of the molecule is O=c1[nH]nc(/C=C/c2ccccc2)c2c1Nc1nnnn1[C@@H]2c1ccc([N+](=O)[O-])cc1. The number of benzene rings is 2. The molecule has 0 saturated carbocycles. The van der Waals surface area contributed by atoms with Gasteiger partial charge in [0.15, 0.2) is 0 Å². The highest BCUT2D eigenvalue weighted by molar-refractivity contribution is 5.75. The highest BCUT2D eigenvalue weighted by Gasteiger charge is 2.33. The molecule has 0 aliphatic carbocycles. The Morgan fingerprint density at radius 1 is 1.06 bits per heavy atom. The Hall–Kier alpha value is -4.67. The van der Waals surface area contributed by atoms with Crippen molar-refractivity contribution in [2.45, 2.75) is 6.04 Å². The summed E-state index contributed by atoms with van der Waals surface area (Å²) in [5, 5.41) is 32.4.